The molecule has 0 radical (unpaired) electrons. The van der Waals surface area contributed by atoms with E-state index in [0.717, 1.165) is 35.4 Å². The fraction of sp³-hybridized carbons (Fsp3) is 0.375. The molecule has 170 valence electrons. The summed E-state index contributed by atoms with van der Waals surface area (Å²) in [6.45, 7) is 3.87. The number of carbonyl (C=O) groups excluding carboxylic acids is 1. The van der Waals surface area contributed by atoms with Gasteiger partial charge in [0.05, 0.1) is 11.7 Å². The van der Waals surface area contributed by atoms with Crippen LogP contribution in [0.15, 0.2) is 34.7 Å². The smallest absolute Gasteiger partial charge is 0.263 e. The molecule has 0 spiro atoms. The monoisotopic (exact) mass is 479 g/mol. The van der Waals surface area contributed by atoms with Crippen molar-refractivity contribution in [2.75, 3.05) is 5.32 Å². The van der Waals surface area contributed by atoms with Crippen LogP contribution in [0.1, 0.15) is 55.3 Å². The lowest BCUT2D eigenvalue weighted by Crippen LogP contribution is -2.33. The van der Waals surface area contributed by atoms with Gasteiger partial charge in [0, 0.05) is 10.9 Å². The molecule has 0 saturated carbocycles. The van der Waals surface area contributed by atoms with E-state index in [9.17, 15) is 9.59 Å². The Morgan fingerprint density at radius 2 is 2.00 bits per heavy atom. The molecule has 1 N–H and O–H groups in total. The molecule has 1 aliphatic carbocycles. The number of hydrogen-bond acceptors (Lipinski definition) is 7. The van der Waals surface area contributed by atoms with E-state index in [2.05, 4.69) is 38.7 Å². The average molecular weight is 480 g/mol. The van der Waals surface area contributed by atoms with Crippen LogP contribution in [0.3, 0.4) is 0 Å². The topological polar surface area (TPSA) is 89.8 Å². The van der Waals surface area contributed by atoms with Crippen molar-refractivity contribution >= 4 is 43.9 Å². The largest absolute Gasteiger partial charge is 0.299 e. The molecular formula is C24H25N5O2S2. The second kappa shape index (κ2) is 9.15. The average Bonchev–Trinajstić information content (AvgIpc) is 3.48. The number of nitrogens with one attached hydrogen (secondary N) is 1. The highest BCUT2D eigenvalue weighted by Crippen LogP contribution is 2.34. The summed E-state index contributed by atoms with van der Waals surface area (Å²) >= 11 is 2.81. The molecule has 1 aromatic carbocycles. The second-order valence-electron chi connectivity index (χ2n) is 8.24. The van der Waals surface area contributed by atoms with Gasteiger partial charge in [-0.15, -0.1) is 21.5 Å². The number of thiophene rings is 1. The molecule has 1 amide bonds. The predicted octanol–water partition coefficient (Wildman–Crippen LogP) is 5.01. The van der Waals surface area contributed by atoms with Crippen LogP contribution in [0.4, 0.5) is 5.13 Å². The lowest BCUT2D eigenvalue weighted by Gasteiger charge is -2.17. The number of fused-ring (bicyclic) bond motifs is 2. The van der Waals surface area contributed by atoms with Crippen LogP contribution in [-0.4, -0.2) is 25.7 Å². The normalized spacial score (nSPS) is 14.2. The lowest BCUT2D eigenvalue weighted by molar-refractivity contribution is -0.119. The van der Waals surface area contributed by atoms with Gasteiger partial charge in [-0.05, 0) is 55.2 Å². The first-order valence-corrected chi connectivity index (χ1v) is 13.0. The summed E-state index contributed by atoms with van der Waals surface area (Å²) in [6, 6.07) is 5.83. The molecular weight excluding hydrogens is 454 g/mol. The van der Waals surface area contributed by atoms with Gasteiger partial charge < -0.3 is 0 Å². The Morgan fingerprint density at radius 3 is 2.76 bits per heavy atom. The molecule has 1 unspecified atom stereocenters. The Morgan fingerprint density at radius 1 is 1.18 bits per heavy atom. The number of benzene rings is 1. The summed E-state index contributed by atoms with van der Waals surface area (Å²) in [5.41, 5.74) is 4.52. The van der Waals surface area contributed by atoms with Crippen LogP contribution >= 0.6 is 22.7 Å². The van der Waals surface area contributed by atoms with E-state index in [0.29, 0.717) is 21.8 Å². The van der Waals surface area contributed by atoms with E-state index in [-0.39, 0.29) is 11.5 Å². The Hall–Kier alpha value is -2.91. The minimum atomic E-state index is -0.681. The number of rotatable bonds is 6. The van der Waals surface area contributed by atoms with Crippen molar-refractivity contribution in [3.8, 4) is 11.1 Å². The zero-order valence-electron chi connectivity index (χ0n) is 18.6. The molecule has 1 atom stereocenters. The molecule has 1 aliphatic rings. The molecule has 0 saturated heterocycles. The minimum absolute atomic E-state index is 0.192. The maximum atomic E-state index is 13.6. The number of amides is 1. The van der Waals surface area contributed by atoms with Gasteiger partial charge in [0.15, 0.2) is 0 Å². The summed E-state index contributed by atoms with van der Waals surface area (Å²) in [5, 5.41) is 14.8. The molecule has 3 heterocycles. The number of carbonyl (C=O) groups is 1. The van der Waals surface area contributed by atoms with Gasteiger partial charge >= 0.3 is 0 Å². The Labute approximate surface area is 199 Å². The number of nitrogens with zero attached hydrogens (tertiary/aromatic N) is 4. The van der Waals surface area contributed by atoms with Crippen LogP contribution < -0.4 is 10.9 Å². The summed E-state index contributed by atoms with van der Waals surface area (Å²) in [7, 11) is 0. The predicted molar refractivity (Wildman–Crippen MR) is 133 cm³/mol. The first-order valence-electron chi connectivity index (χ1n) is 11.3. The quantitative estimate of drug-likeness (QED) is 0.420. The number of anilines is 1. The number of aromatic nitrogens is 4. The molecule has 4 aromatic rings. The Kier molecular flexibility index (Phi) is 6.07. The van der Waals surface area contributed by atoms with E-state index in [1.165, 1.54) is 57.5 Å². The zero-order chi connectivity index (χ0) is 22.9. The fourth-order valence-corrected chi connectivity index (χ4v) is 6.01. The molecule has 0 fully saturated rings. The van der Waals surface area contributed by atoms with Crippen molar-refractivity contribution in [2.45, 2.75) is 58.4 Å². The fourth-order valence-electron chi connectivity index (χ4n) is 4.43. The van der Waals surface area contributed by atoms with Gasteiger partial charge in [0.1, 0.15) is 15.9 Å². The molecule has 33 heavy (non-hydrogen) atoms. The third-order valence-electron chi connectivity index (χ3n) is 6.20. The molecule has 3 aromatic heterocycles. The number of hydrogen-bond donors (Lipinski definition) is 1. The zero-order valence-corrected chi connectivity index (χ0v) is 20.3. The Balaban J connectivity index is 1.52. The molecule has 7 nitrogen and oxygen atoms in total. The SMILES string of the molecule is CCc1nnc(NC(=O)C(CC)n2cnc3scc(-c4ccc5c(c4)CCCC5)c3c2=O)s1. The van der Waals surface area contributed by atoms with Crippen LogP contribution in [0.2, 0.25) is 0 Å². The molecule has 9 heteroatoms. The van der Waals surface area contributed by atoms with E-state index in [1.54, 1.807) is 0 Å². The highest BCUT2D eigenvalue weighted by Gasteiger charge is 2.24. The lowest BCUT2D eigenvalue weighted by atomic mass is 9.89. The third-order valence-corrected chi connectivity index (χ3v) is 8.07. The van der Waals surface area contributed by atoms with Crippen molar-refractivity contribution in [1.82, 2.24) is 19.7 Å². The van der Waals surface area contributed by atoms with Crippen molar-refractivity contribution in [1.29, 1.82) is 0 Å². The first-order chi connectivity index (χ1) is 16.1. The standard InChI is InChI=1S/C24H25N5O2S2/c1-3-18(21(30)26-24-28-27-19(4-2)33-24)29-13-25-22-20(23(29)31)17(12-32-22)16-10-9-14-7-5-6-8-15(14)11-16/h9-13,18H,3-8H2,1-2H3,(H,26,28,30). The van der Waals surface area contributed by atoms with Crippen molar-refractivity contribution in [3.05, 3.63) is 56.4 Å². The maximum absolute atomic E-state index is 13.6. The van der Waals surface area contributed by atoms with Crippen LogP contribution in [0.25, 0.3) is 21.3 Å². The molecule has 5 rings (SSSR count). The first kappa shape index (κ1) is 21.9. The van der Waals surface area contributed by atoms with Crippen LogP contribution in [-0.2, 0) is 24.1 Å². The van der Waals surface area contributed by atoms with E-state index >= 15 is 0 Å². The summed E-state index contributed by atoms with van der Waals surface area (Å²) in [5.74, 6) is -0.287. The summed E-state index contributed by atoms with van der Waals surface area (Å²) in [4.78, 5) is 31.8. The van der Waals surface area contributed by atoms with Crippen LogP contribution in [0.5, 0.6) is 0 Å². The highest BCUT2D eigenvalue weighted by molar-refractivity contribution is 7.17. The van der Waals surface area contributed by atoms with Gasteiger partial charge in [-0.25, -0.2) is 4.98 Å². The van der Waals surface area contributed by atoms with Gasteiger partial charge in [-0.3, -0.25) is 19.5 Å². The Bertz CT molecular complexity index is 1390. The van der Waals surface area contributed by atoms with Crippen LogP contribution in [0, 0.1) is 0 Å². The van der Waals surface area contributed by atoms with Crippen molar-refractivity contribution in [2.24, 2.45) is 0 Å². The van der Waals surface area contributed by atoms with Gasteiger partial charge in [-0.1, -0.05) is 43.4 Å². The van der Waals surface area contributed by atoms with E-state index in [1.807, 2.05) is 19.2 Å². The third kappa shape index (κ3) is 4.11. The van der Waals surface area contributed by atoms with Crippen molar-refractivity contribution in [3.63, 3.8) is 0 Å². The molecule has 0 aliphatic heterocycles. The highest BCUT2D eigenvalue weighted by atomic mass is 32.1. The van der Waals surface area contributed by atoms with E-state index < -0.39 is 6.04 Å². The van der Waals surface area contributed by atoms with Gasteiger partial charge in [-0.2, -0.15) is 0 Å². The number of aryl methyl sites for hydroxylation is 3. The maximum Gasteiger partial charge on any atom is 0.263 e. The minimum Gasteiger partial charge on any atom is -0.299 e. The molecule has 0 bridgehead atoms. The van der Waals surface area contributed by atoms with E-state index in [4.69, 9.17) is 0 Å². The van der Waals surface area contributed by atoms with Crippen molar-refractivity contribution < 1.29 is 4.79 Å². The van der Waals surface area contributed by atoms with Gasteiger partial charge in [0.25, 0.3) is 5.56 Å². The van der Waals surface area contributed by atoms with Gasteiger partial charge in [0.2, 0.25) is 11.0 Å². The summed E-state index contributed by atoms with van der Waals surface area (Å²) < 4.78 is 1.45. The summed E-state index contributed by atoms with van der Waals surface area (Å²) in [6.07, 6.45) is 7.35. The second-order valence-corrected chi connectivity index (χ2v) is 10.2.